The smallest absolute Gasteiger partial charge is 0.227 e. The summed E-state index contributed by atoms with van der Waals surface area (Å²) in [6.45, 7) is 0. The highest BCUT2D eigenvalue weighted by atomic mass is 16.3. The quantitative estimate of drug-likeness (QED) is 0.214. The summed E-state index contributed by atoms with van der Waals surface area (Å²) in [5.41, 5.74) is 11.7. The van der Waals surface area contributed by atoms with Crippen molar-refractivity contribution in [1.82, 2.24) is 9.97 Å². The Balaban J connectivity index is 1.09. The number of fused-ring (bicyclic) bond motifs is 2. The summed E-state index contributed by atoms with van der Waals surface area (Å²) < 4.78 is 6.32. The number of nitrogens with zero attached hydrogens (tertiary/aromatic N) is 2. The van der Waals surface area contributed by atoms with Gasteiger partial charge >= 0.3 is 0 Å². The lowest BCUT2D eigenvalue weighted by atomic mass is 9.96. The van der Waals surface area contributed by atoms with Crippen molar-refractivity contribution in [3.8, 4) is 56.0 Å². The van der Waals surface area contributed by atoms with E-state index >= 15 is 0 Å². The molecular weight excluding hydrogens is 524 g/mol. The largest absolute Gasteiger partial charge is 0.436 e. The van der Waals surface area contributed by atoms with Crippen LogP contribution in [0.2, 0.25) is 0 Å². The molecule has 2 heterocycles. The first-order valence-corrected chi connectivity index (χ1v) is 14.4. The number of aromatic nitrogens is 2. The molecule has 202 valence electrons. The predicted molar refractivity (Wildman–Crippen MR) is 176 cm³/mol. The second-order valence-corrected chi connectivity index (χ2v) is 10.7. The van der Waals surface area contributed by atoms with E-state index in [4.69, 9.17) is 9.40 Å². The Kier molecular flexibility index (Phi) is 6.12. The Bertz CT molecular complexity index is 2230. The molecule has 0 bridgehead atoms. The molecule has 3 heteroatoms. The lowest BCUT2D eigenvalue weighted by Crippen LogP contribution is -1.84. The van der Waals surface area contributed by atoms with Crippen molar-refractivity contribution in [2.45, 2.75) is 0 Å². The van der Waals surface area contributed by atoms with Gasteiger partial charge in [0, 0.05) is 23.5 Å². The number of oxazole rings is 1. The summed E-state index contributed by atoms with van der Waals surface area (Å²) >= 11 is 0. The van der Waals surface area contributed by atoms with Crippen LogP contribution in [-0.2, 0) is 0 Å². The molecule has 8 aromatic rings. The molecule has 0 atom stereocenters. The first-order valence-electron chi connectivity index (χ1n) is 14.4. The summed E-state index contributed by atoms with van der Waals surface area (Å²) in [5.74, 6) is 0.615. The Hall–Kier alpha value is -5.80. The van der Waals surface area contributed by atoms with Gasteiger partial charge in [-0.1, -0.05) is 109 Å². The van der Waals surface area contributed by atoms with Crippen LogP contribution in [0.5, 0.6) is 0 Å². The molecule has 8 rings (SSSR count). The maximum Gasteiger partial charge on any atom is 0.227 e. The van der Waals surface area contributed by atoms with Crippen molar-refractivity contribution in [1.29, 1.82) is 0 Å². The highest BCUT2D eigenvalue weighted by Crippen LogP contribution is 2.34. The third-order valence-electron chi connectivity index (χ3n) is 8.01. The van der Waals surface area contributed by atoms with E-state index in [0.29, 0.717) is 5.89 Å². The second-order valence-electron chi connectivity index (χ2n) is 10.7. The first-order chi connectivity index (χ1) is 21.3. The molecule has 0 amide bonds. The zero-order valence-corrected chi connectivity index (χ0v) is 23.3. The molecule has 2 aromatic heterocycles. The summed E-state index contributed by atoms with van der Waals surface area (Å²) in [6.07, 6.45) is 3.69. The second kappa shape index (κ2) is 10.6. The van der Waals surface area contributed by atoms with Crippen molar-refractivity contribution in [2.75, 3.05) is 0 Å². The van der Waals surface area contributed by atoms with Crippen LogP contribution in [-0.4, -0.2) is 9.97 Å². The van der Waals surface area contributed by atoms with Gasteiger partial charge in [0.25, 0.3) is 0 Å². The zero-order chi connectivity index (χ0) is 28.6. The average Bonchev–Trinajstić information content (AvgIpc) is 3.53. The van der Waals surface area contributed by atoms with Crippen LogP contribution in [0.1, 0.15) is 0 Å². The van der Waals surface area contributed by atoms with E-state index in [1.807, 2.05) is 24.4 Å². The summed E-state index contributed by atoms with van der Waals surface area (Å²) in [4.78, 5) is 9.09. The molecule has 0 aliphatic rings. The van der Waals surface area contributed by atoms with Gasteiger partial charge in [-0.05, 0) is 86.1 Å². The molecular formula is C40H26N2O. The van der Waals surface area contributed by atoms with E-state index in [0.717, 1.165) is 50.0 Å². The highest BCUT2D eigenvalue weighted by Gasteiger charge is 2.12. The SMILES string of the molecule is c1cncc(-c2cccc(-c3cccc(-c4nc5ccc(-c6ccc(-c7cccc8ccccc78)cc6)cc5o4)c3)c2)c1. The van der Waals surface area contributed by atoms with Crippen molar-refractivity contribution in [3.63, 3.8) is 0 Å². The molecule has 3 nitrogen and oxygen atoms in total. The highest BCUT2D eigenvalue weighted by molar-refractivity contribution is 5.97. The molecule has 0 aliphatic carbocycles. The zero-order valence-electron chi connectivity index (χ0n) is 23.3. The molecule has 0 N–H and O–H groups in total. The van der Waals surface area contributed by atoms with Gasteiger partial charge in [0.2, 0.25) is 5.89 Å². The predicted octanol–water partition coefficient (Wildman–Crippen LogP) is 10.7. The summed E-state index contributed by atoms with van der Waals surface area (Å²) in [7, 11) is 0. The monoisotopic (exact) mass is 550 g/mol. The van der Waals surface area contributed by atoms with Gasteiger partial charge in [0.05, 0.1) is 0 Å². The fourth-order valence-electron chi connectivity index (χ4n) is 5.79. The Morgan fingerprint density at radius 3 is 1.88 bits per heavy atom. The van der Waals surface area contributed by atoms with Gasteiger partial charge < -0.3 is 4.42 Å². The molecule has 6 aromatic carbocycles. The summed E-state index contributed by atoms with van der Waals surface area (Å²) in [6, 6.07) is 50.9. The molecule has 0 spiro atoms. The number of hydrogen-bond acceptors (Lipinski definition) is 3. The standard InChI is InChI=1S/C40H26N2O/c1-2-14-36-28(7-1)8-5-15-37(36)29-18-16-27(17-19-29)33-20-21-38-39(25-33)43-40(42-38)34-12-4-10-31(24-34)30-9-3-11-32(23-30)35-13-6-22-41-26-35/h1-26H. The number of benzene rings is 6. The Morgan fingerprint density at radius 1 is 0.442 bits per heavy atom. The minimum absolute atomic E-state index is 0.615. The Labute approximate surface area is 249 Å². The van der Waals surface area contributed by atoms with E-state index in [2.05, 4.69) is 132 Å². The molecule has 0 aliphatic heterocycles. The van der Waals surface area contributed by atoms with Crippen molar-refractivity contribution < 1.29 is 4.42 Å². The maximum absolute atomic E-state index is 6.32. The molecule has 0 fully saturated rings. The molecule has 0 saturated heterocycles. The normalized spacial score (nSPS) is 11.3. The van der Waals surface area contributed by atoms with E-state index in [-0.39, 0.29) is 0 Å². The minimum Gasteiger partial charge on any atom is -0.436 e. The first kappa shape index (κ1) is 25.0. The van der Waals surface area contributed by atoms with Crippen LogP contribution in [0.15, 0.2) is 162 Å². The fourth-order valence-corrected chi connectivity index (χ4v) is 5.79. The summed E-state index contributed by atoms with van der Waals surface area (Å²) in [5, 5.41) is 2.51. The van der Waals surface area contributed by atoms with Gasteiger partial charge in [-0.15, -0.1) is 0 Å². The maximum atomic E-state index is 6.32. The molecule has 0 radical (unpaired) electrons. The molecule has 0 unspecified atom stereocenters. The lowest BCUT2D eigenvalue weighted by molar-refractivity contribution is 0.620. The Morgan fingerprint density at radius 2 is 1.07 bits per heavy atom. The van der Waals surface area contributed by atoms with Crippen LogP contribution < -0.4 is 0 Å². The van der Waals surface area contributed by atoms with Gasteiger partial charge in [-0.2, -0.15) is 0 Å². The van der Waals surface area contributed by atoms with Crippen molar-refractivity contribution in [3.05, 3.63) is 158 Å². The third kappa shape index (κ3) is 4.77. The van der Waals surface area contributed by atoms with E-state index < -0.39 is 0 Å². The van der Waals surface area contributed by atoms with Crippen LogP contribution in [0.3, 0.4) is 0 Å². The number of pyridine rings is 1. The van der Waals surface area contributed by atoms with E-state index in [9.17, 15) is 0 Å². The fraction of sp³-hybridized carbons (Fsp3) is 0. The van der Waals surface area contributed by atoms with Crippen LogP contribution in [0, 0.1) is 0 Å². The van der Waals surface area contributed by atoms with Gasteiger partial charge in [0.15, 0.2) is 5.58 Å². The third-order valence-corrected chi connectivity index (χ3v) is 8.01. The van der Waals surface area contributed by atoms with Crippen LogP contribution >= 0.6 is 0 Å². The van der Waals surface area contributed by atoms with Gasteiger partial charge in [0.1, 0.15) is 5.52 Å². The number of hydrogen-bond donors (Lipinski definition) is 0. The topological polar surface area (TPSA) is 38.9 Å². The molecule has 43 heavy (non-hydrogen) atoms. The minimum atomic E-state index is 0.615. The van der Waals surface area contributed by atoms with Gasteiger partial charge in [-0.3, -0.25) is 4.98 Å². The van der Waals surface area contributed by atoms with Gasteiger partial charge in [-0.25, -0.2) is 4.98 Å². The van der Waals surface area contributed by atoms with Crippen LogP contribution in [0.25, 0.3) is 77.8 Å². The van der Waals surface area contributed by atoms with E-state index in [1.54, 1.807) is 6.20 Å². The van der Waals surface area contributed by atoms with Crippen LogP contribution in [0.4, 0.5) is 0 Å². The molecule has 0 saturated carbocycles. The van der Waals surface area contributed by atoms with Crippen molar-refractivity contribution >= 4 is 21.9 Å². The lowest BCUT2D eigenvalue weighted by Gasteiger charge is -2.08. The average molecular weight is 551 g/mol. The van der Waals surface area contributed by atoms with E-state index in [1.165, 1.54) is 21.9 Å². The van der Waals surface area contributed by atoms with Crippen molar-refractivity contribution in [2.24, 2.45) is 0 Å². The number of rotatable bonds is 5.